The highest BCUT2D eigenvalue weighted by atomic mass is 16.5. The van der Waals surface area contributed by atoms with E-state index in [-0.39, 0.29) is 11.9 Å². The minimum atomic E-state index is -0.217. The number of nitrogens with zero attached hydrogens (tertiary/aromatic N) is 4. The van der Waals surface area contributed by atoms with Crippen LogP contribution in [0, 0.1) is 5.92 Å². The van der Waals surface area contributed by atoms with Gasteiger partial charge >= 0.3 is 5.97 Å². The molecule has 0 aliphatic rings. The number of hydrogen-bond acceptors (Lipinski definition) is 5. The monoisotopic (exact) mass is 290 g/mol. The van der Waals surface area contributed by atoms with Crippen molar-refractivity contribution in [3.8, 4) is 0 Å². The van der Waals surface area contributed by atoms with E-state index in [0.29, 0.717) is 12.5 Å². The van der Waals surface area contributed by atoms with Gasteiger partial charge in [0.1, 0.15) is 5.52 Å². The second-order valence-corrected chi connectivity index (χ2v) is 5.61. The fourth-order valence-electron chi connectivity index (χ4n) is 2.28. The molecule has 0 fully saturated rings. The van der Waals surface area contributed by atoms with Gasteiger partial charge in [-0.2, -0.15) is 5.10 Å². The molecule has 0 saturated carbocycles. The number of fused-ring (bicyclic) bond motifs is 1. The van der Waals surface area contributed by atoms with Crippen molar-refractivity contribution >= 4 is 17.3 Å². The minimum Gasteiger partial charge on any atom is -0.469 e. The van der Waals surface area contributed by atoms with Crippen LogP contribution in [0.15, 0.2) is 18.5 Å². The molecule has 0 saturated heterocycles. The Balaban J connectivity index is 2.30. The van der Waals surface area contributed by atoms with Crippen LogP contribution in [0.3, 0.4) is 0 Å². The summed E-state index contributed by atoms with van der Waals surface area (Å²) in [5.74, 6) is 0.740. The molecular weight excluding hydrogens is 268 g/mol. The predicted molar refractivity (Wildman–Crippen MR) is 81.5 cm³/mol. The number of carbonyl (C=O) groups excluding carboxylic acids is 1. The Hall–Kier alpha value is -2.11. The highest BCUT2D eigenvalue weighted by molar-refractivity contribution is 5.74. The summed E-state index contributed by atoms with van der Waals surface area (Å²) in [5, 5.41) is 4.54. The molecule has 1 atom stereocenters. The van der Waals surface area contributed by atoms with Gasteiger partial charge in [-0.1, -0.05) is 20.8 Å². The number of hydrogen-bond donors (Lipinski definition) is 0. The van der Waals surface area contributed by atoms with Crippen molar-refractivity contribution in [1.82, 2.24) is 14.6 Å². The summed E-state index contributed by atoms with van der Waals surface area (Å²) in [4.78, 5) is 17.9. The van der Waals surface area contributed by atoms with Gasteiger partial charge in [0.25, 0.3) is 0 Å². The van der Waals surface area contributed by atoms with Crippen LogP contribution in [0.1, 0.15) is 32.4 Å². The summed E-state index contributed by atoms with van der Waals surface area (Å²) in [7, 11) is 3.33. The van der Waals surface area contributed by atoms with Crippen LogP contribution in [0.25, 0.3) is 5.52 Å². The zero-order valence-electron chi connectivity index (χ0n) is 13.2. The lowest BCUT2D eigenvalue weighted by molar-refractivity contribution is -0.144. The smallest absolute Gasteiger partial charge is 0.310 e. The van der Waals surface area contributed by atoms with Crippen LogP contribution in [0.4, 0.5) is 5.82 Å². The molecule has 0 bridgehead atoms. The SMILES string of the molecule is COC(=O)C(C)CN(C)c1nccn2nc(C(C)C)cc12. The molecule has 114 valence electrons. The Bertz CT molecular complexity index is 636. The normalized spacial score (nSPS) is 12.7. The van der Waals surface area contributed by atoms with Crippen LogP contribution < -0.4 is 4.90 Å². The van der Waals surface area contributed by atoms with Crippen molar-refractivity contribution in [2.24, 2.45) is 5.92 Å². The van der Waals surface area contributed by atoms with E-state index in [1.165, 1.54) is 7.11 Å². The number of esters is 1. The third-order valence-electron chi connectivity index (χ3n) is 3.49. The first-order valence-corrected chi connectivity index (χ1v) is 7.07. The van der Waals surface area contributed by atoms with Gasteiger partial charge in [0.2, 0.25) is 0 Å². The number of rotatable bonds is 5. The summed E-state index contributed by atoms with van der Waals surface area (Å²) < 4.78 is 6.60. The molecule has 2 rings (SSSR count). The quantitative estimate of drug-likeness (QED) is 0.789. The largest absolute Gasteiger partial charge is 0.469 e. The summed E-state index contributed by atoms with van der Waals surface area (Å²) in [6.07, 6.45) is 3.56. The Morgan fingerprint density at radius 2 is 2.14 bits per heavy atom. The molecule has 0 N–H and O–H groups in total. The molecule has 2 heterocycles. The lowest BCUT2D eigenvalue weighted by Crippen LogP contribution is -2.30. The number of methoxy groups -OCH3 is 1. The first-order valence-electron chi connectivity index (χ1n) is 7.07. The maximum absolute atomic E-state index is 11.5. The molecule has 6 heteroatoms. The molecule has 2 aromatic heterocycles. The molecule has 0 aromatic carbocycles. The average Bonchev–Trinajstić information content (AvgIpc) is 2.90. The summed E-state index contributed by atoms with van der Waals surface area (Å²) in [6, 6.07) is 2.05. The molecule has 6 nitrogen and oxygen atoms in total. The molecule has 0 amide bonds. The number of aromatic nitrogens is 3. The van der Waals surface area contributed by atoms with E-state index in [4.69, 9.17) is 4.74 Å². The Kier molecular flexibility index (Phi) is 4.45. The molecular formula is C15H22N4O2. The number of carbonyl (C=O) groups is 1. The van der Waals surface area contributed by atoms with Crippen LogP contribution >= 0.6 is 0 Å². The Morgan fingerprint density at radius 3 is 2.76 bits per heavy atom. The third kappa shape index (κ3) is 3.15. The van der Waals surface area contributed by atoms with E-state index in [1.807, 2.05) is 35.6 Å². The lowest BCUT2D eigenvalue weighted by atomic mass is 10.1. The van der Waals surface area contributed by atoms with Crippen LogP contribution in [-0.4, -0.2) is 41.3 Å². The second kappa shape index (κ2) is 6.11. The van der Waals surface area contributed by atoms with Gasteiger partial charge in [-0.05, 0) is 12.0 Å². The Labute approximate surface area is 124 Å². The zero-order valence-corrected chi connectivity index (χ0v) is 13.2. The van der Waals surface area contributed by atoms with E-state index in [9.17, 15) is 4.79 Å². The summed E-state index contributed by atoms with van der Waals surface area (Å²) >= 11 is 0. The van der Waals surface area contributed by atoms with Gasteiger partial charge in [0, 0.05) is 26.0 Å². The minimum absolute atomic E-state index is 0.213. The highest BCUT2D eigenvalue weighted by Gasteiger charge is 2.18. The fourth-order valence-corrected chi connectivity index (χ4v) is 2.28. The molecule has 0 spiro atoms. The number of ether oxygens (including phenoxy) is 1. The first kappa shape index (κ1) is 15.3. The van der Waals surface area contributed by atoms with Crippen molar-refractivity contribution < 1.29 is 9.53 Å². The van der Waals surface area contributed by atoms with E-state index < -0.39 is 0 Å². The topological polar surface area (TPSA) is 59.7 Å². The molecule has 0 aliphatic carbocycles. The average molecular weight is 290 g/mol. The van der Waals surface area contributed by atoms with Crippen LogP contribution in [0.5, 0.6) is 0 Å². The van der Waals surface area contributed by atoms with E-state index in [0.717, 1.165) is 17.0 Å². The summed E-state index contributed by atoms with van der Waals surface area (Å²) in [5.41, 5.74) is 1.97. The van der Waals surface area contributed by atoms with Gasteiger partial charge < -0.3 is 9.64 Å². The zero-order chi connectivity index (χ0) is 15.6. The maximum Gasteiger partial charge on any atom is 0.310 e. The second-order valence-electron chi connectivity index (χ2n) is 5.61. The van der Waals surface area contributed by atoms with Crippen molar-refractivity contribution in [3.05, 3.63) is 24.2 Å². The van der Waals surface area contributed by atoms with E-state index >= 15 is 0 Å². The molecule has 0 aliphatic heterocycles. The maximum atomic E-state index is 11.5. The van der Waals surface area contributed by atoms with Crippen molar-refractivity contribution in [2.45, 2.75) is 26.7 Å². The van der Waals surface area contributed by atoms with Gasteiger partial charge in [0.05, 0.1) is 18.7 Å². The van der Waals surface area contributed by atoms with Gasteiger partial charge in [0.15, 0.2) is 5.82 Å². The molecule has 1 unspecified atom stereocenters. The lowest BCUT2D eigenvalue weighted by Gasteiger charge is -2.21. The number of anilines is 1. The van der Waals surface area contributed by atoms with Gasteiger partial charge in [-0.15, -0.1) is 0 Å². The van der Waals surface area contributed by atoms with Crippen LogP contribution in [0.2, 0.25) is 0 Å². The Morgan fingerprint density at radius 1 is 1.43 bits per heavy atom. The molecule has 2 aromatic rings. The van der Waals surface area contributed by atoms with Crippen molar-refractivity contribution in [2.75, 3.05) is 25.6 Å². The first-order chi connectivity index (χ1) is 9.93. The van der Waals surface area contributed by atoms with Gasteiger partial charge in [-0.3, -0.25) is 4.79 Å². The van der Waals surface area contributed by atoms with E-state index in [1.54, 1.807) is 6.20 Å². The fraction of sp³-hybridized carbons (Fsp3) is 0.533. The van der Waals surface area contributed by atoms with Crippen LogP contribution in [-0.2, 0) is 9.53 Å². The standard InChI is InChI=1S/C15H22N4O2/c1-10(2)12-8-13-14(16-6-7-19(13)17-12)18(4)9-11(3)15(20)21-5/h6-8,10-11H,9H2,1-5H3. The predicted octanol–water partition coefficient (Wildman–Crippen LogP) is 2.10. The summed E-state index contributed by atoms with van der Waals surface area (Å²) in [6.45, 7) is 6.61. The van der Waals surface area contributed by atoms with Crippen molar-refractivity contribution in [1.29, 1.82) is 0 Å². The van der Waals surface area contributed by atoms with Gasteiger partial charge in [-0.25, -0.2) is 9.50 Å². The van der Waals surface area contributed by atoms with Crippen molar-refractivity contribution in [3.63, 3.8) is 0 Å². The third-order valence-corrected chi connectivity index (χ3v) is 3.49. The molecule has 21 heavy (non-hydrogen) atoms. The van der Waals surface area contributed by atoms with E-state index in [2.05, 4.69) is 23.9 Å². The highest BCUT2D eigenvalue weighted by Crippen LogP contribution is 2.22. The molecule has 0 radical (unpaired) electrons.